The molecule has 26 heavy (non-hydrogen) atoms. The number of benzene rings is 1. The Morgan fingerprint density at radius 1 is 1.23 bits per heavy atom. The van der Waals surface area contributed by atoms with Gasteiger partial charge in [-0.3, -0.25) is 9.69 Å². The number of nitrogens with one attached hydrogen (secondary N) is 1. The maximum Gasteiger partial charge on any atom is 0.337 e. The Morgan fingerprint density at radius 3 is 2.46 bits per heavy atom. The molecule has 0 aromatic heterocycles. The standard InChI is InChI=1S/C20H26N2O4/c1-13-9-19(2,3)12-20(10-13)17(24)22(18(25)21-20)11-14-5-7-15(8-6-14)16(23)26-4/h5-8,13H,9-12H2,1-4H3,(H,21,25)/t13-,20-/m1/s1. The molecule has 2 aliphatic rings. The maximum absolute atomic E-state index is 13.1. The van der Waals surface area contributed by atoms with Gasteiger partial charge in [-0.25, -0.2) is 9.59 Å². The number of carbonyl (C=O) groups is 3. The summed E-state index contributed by atoms with van der Waals surface area (Å²) in [6.07, 6.45) is 2.39. The third kappa shape index (κ3) is 3.32. The van der Waals surface area contributed by atoms with Crippen LogP contribution in [0.2, 0.25) is 0 Å². The second-order valence-corrected chi connectivity index (χ2v) is 8.45. The number of esters is 1. The van der Waals surface area contributed by atoms with E-state index in [-0.39, 0.29) is 23.9 Å². The van der Waals surface area contributed by atoms with E-state index in [1.165, 1.54) is 12.0 Å². The van der Waals surface area contributed by atoms with E-state index in [0.29, 0.717) is 24.3 Å². The minimum absolute atomic E-state index is 0.0127. The smallest absolute Gasteiger partial charge is 0.337 e. The largest absolute Gasteiger partial charge is 0.465 e. The minimum Gasteiger partial charge on any atom is -0.465 e. The number of methoxy groups -OCH3 is 1. The van der Waals surface area contributed by atoms with Crippen LogP contribution < -0.4 is 5.32 Å². The van der Waals surface area contributed by atoms with Crippen LogP contribution in [-0.2, 0) is 16.1 Å². The molecule has 6 heteroatoms. The Hall–Kier alpha value is -2.37. The monoisotopic (exact) mass is 358 g/mol. The normalized spacial score (nSPS) is 27.5. The number of rotatable bonds is 3. The molecule has 1 saturated carbocycles. The van der Waals surface area contributed by atoms with E-state index in [4.69, 9.17) is 0 Å². The molecule has 1 spiro atoms. The van der Waals surface area contributed by atoms with Gasteiger partial charge in [0, 0.05) is 0 Å². The Kier molecular flexibility index (Phi) is 4.54. The van der Waals surface area contributed by atoms with Crippen molar-refractivity contribution in [2.24, 2.45) is 11.3 Å². The zero-order chi connectivity index (χ0) is 19.1. The third-order valence-electron chi connectivity index (χ3n) is 5.34. The first-order valence-corrected chi connectivity index (χ1v) is 8.97. The molecule has 6 nitrogen and oxygen atoms in total. The predicted octanol–water partition coefficient (Wildman–Crippen LogP) is 3.11. The molecule has 3 rings (SSSR count). The molecule has 1 saturated heterocycles. The summed E-state index contributed by atoms with van der Waals surface area (Å²) < 4.78 is 4.68. The van der Waals surface area contributed by atoms with Gasteiger partial charge in [0.15, 0.2) is 0 Å². The molecule has 2 atom stereocenters. The van der Waals surface area contributed by atoms with Crippen LogP contribution in [0.3, 0.4) is 0 Å². The topological polar surface area (TPSA) is 75.7 Å². The average Bonchev–Trinajstić information content (AvgIpc) is 2.76. The van der Waals surface area contributed by atoms with E-state index >= 15 is 0 Å². The van der Waals surface area contributed by atoms with E-state index in [1.807, 2.05) is 0 Å². The molecule has 1 heterocycles. The highest BCUT2D eigenvalue weighted by molar-refractivity contribution is 6.07. The van der Waals surface area contributed by atoms with Crippen molar-refractivity contribution in [2.45, 2.75) is 52.1 Å². The molecule has 1 aliphatic carbocycles. The summed E-state index contributed by atoms with van der Waals surface area (Å²) in [6.45, 7) is 6.63. The second kappa shape index (κ2) is 6.41. The van der Waals surface area contributed by atoms with Gasteiger partial charge in [-0.1, -0.05) is 32.9 Å². The fourth-order valence-corrected chi connectivity index (χ4v) is 4.70. The second-order valence-electron chi connectivity index (χ2n) is 8.45. The van der Waals surface area contributed by atoms with Gasteiger partial charge in [0.2, 0.25) is 0 Å². The lowest BCUT2D eigenvalue weighted by atomic mass is 9.64. The third-order valence-corrected chi connectivity index (χ3v) is 5.34. The number of urea groups is 1. The van der Waals surface area contributed by atoms with Crippen molar-refractivity contribution < 1.29 is 19.1 Å². The number of carbonyl (C=O) groups excluding carboxylic acids is 3. The van der Waals surface area contributed by atoms with Crippen molar-refractivity contribution in [1.29, 1.82) is 0 Å². The molecule has 1 aromatic rings. The summed E-state index contributed by atoms with van der Waals surface area (Å²) in [7, 11) is 1.33. The first kappa shape index (κ1) is 18.4. The van der Waals surface area contributed by atoms with Crippen molar-refractivity contribution in [3.05, 3.63) is 35.4 Å². The maximum atomic E-state index is 13.1. The number of ether oxygens (including phenoxy) is 1. The quantitative estimate of drug-likeness (QED) is 0.665. The Morgan fingerprint density at radius 2 is 1.88 bits per heavy atom. The van der Waals surface area contributed by atoms with Gasteiger partial charge in [-0.2, -0.15) is 0 Å². The fourth-order valence-electron chi connectivity index (χ4n) is 4.70. The number of hydrogen-bond acceptors (Lipinski definition) is 4. The molecule has 0 unspecified atom stereocenters. The van der Waals surface area contributed by atoms with Gasteiger partial charge in [0.25, 0.3) is 5.91 Å². The van der Waals surface area contributed by atoms with E-state index < -0.39 is 11.5 Å². The highest BCUT2D eigenvalue weighted by Crippen LogP contribution is 2.46. The molecule has 2 fully saturated rings. The molecular weight excluding hydrogens is 332 g/mol. The first-order valence-electron chi connectivity index (χ1n) is 8.97. The van der Waals surface area contributed by atoms with Gasteiger partial charge < -0.3 is 10.1 Å². The lowest BCUT2D eigenvalue weighted by Gasteiger charge is -2.43. The molecule has 1 aromatic carbocycles. The summed E-state index contributed by atoms with van der Waals surface area (Å²) in [5.74, 6) is -0.176. The van der Waals surface area contributed by atoms with E-state index in [2.05, 4.69) is 30.8 Å². The summed E-state index contributed by atoms with van der Waals surface area (Å²) in [5, 5.41) is 2.98. The Bertz CT molecular complexity index is 741. The van der Waals surface area contributed by atoms with Crippen LogP contribution in [0.25, 0.3) is 0 Å². The highest BCUT2D eigenvalue weighted by atomic mass is 16.5. The summed E-state index contributed by atoms with van der Waals surface area (Å²) in [4.78, 5) is 38.5. The van der Waals surface area contributed by atoms with Crippen molar-refractivity contribution in [3.8, 4) is 0 Å². The predicted molar refractivity (Wildman–Crippen MR) is 96.4 cm³/mol. The van der Waals surface area contributed by atoms with Gasteiger partial charge in [0.1, 0.15) is 5.54 Å². The van der Waals surface area contributed by atoms with Gasteiger partial charge in [-0.05, 0) is 48.3 Å². The lowest BCUT2D eigenvalue weighted by molar-refractivity contribution is -0.135. The van der Waals surface area contributed by atoms with Crippen LogP contribution >= 0.6 is 0 Å². The molecule has 0 radical (unpaired) electrons. The number of nitrogens with zero attached hydrogens (tertiary/aromatic N) is 1. The van der Waals surface area contributed by atoms with Crippen LogP contribution in [0.1, 0.15) is 56.0 Å². The van der Waals surface area contributed by atoms with E-state index in [1.54, 1.807) is 24.3 Å². The van der Waals surface area contributed by atoms with Gasteiger partial charge >= 0.3 is 12.0 Å². The van der Waals surface area contributed by atoms with Crippen LogP contribution in [0.15, 0.2) is 24.3 Å². The van der Waals surface area contributed by atoms with E-state index in [0.717, 1.165) is 12.0 Å². The molecular formula is C20H26N2O4. The minimum atomic E-state index is -0.787. The zero-order valence-corrected chi connectivity index (χ0v) is 15.8. The van der Waals surface area contributed by atoms with Crippen molar-refractivity contribution in [2.75, 3.05) is 7.11 Å². The molecule has 1 aliphatic heterocycles. The molecule has 3 amide bonds. The fraction of sp³-hybridized carbons (Fsp3) is 0.550. The van der Waals surface area contributed by atoms with E-state index in [9.17, 15) is 14.4 Å². The number of amides is 3. The van der Waals surface area contributed by atoms with Crippen molar-refractivity contribution >= 4 is 17.9 Å². The van der Waals surface area contributed by atoms with Crippen molar-refractivity contribution in [1.82, 2.24) is 10.2 Å². The highest BCUT2D eigenvalue weighted by Gasteiger charge is 2.55. The molecule has 1 N–H and O–H groups in total. The average molecular weight is 358 g/mol. The Labute approximate surface area is 153 Å². The lowest BCUT2D eigenvalue weighted by Crippen LogP contribution is -2.54. The van der Waals surface area contributed by atoms with Crippen LogP contribution in [-0.4, -0.2) is 35.5 Å². The molecule has 0 bridgehead atoms. The van der Waals surface area contributed by atoms with Crippen LogP contribution in [0.5, 0.6) is 0 Å². The summed E-state index contributed by atoms with van der Waals surface area (Å²) >= 11 is 0. The van der Waals surface area contributed by atoms with Gasteiger partial charge in [0.05, 0.1) is 19.2 Å². The SMILES string of the molecule is COC(=O)c1ccc(CN2C(=O)N[C@@]3(C[C@H](C)CC(C)(C)C3)C2=O)cc1. The van der Waals surface area contributed by atoms with Crippen LogP contribution in [0, 0.1) is 11.3 Å². The summed E-state index contributed by atoms with van der Waals surface area (Å²) in [5.41, 5.74) is 0.456. The zero-order valence-electron chi connectivity index (χ0n) is 15.8. The number of hydrogen-bond donors (Lipinski definition) is 1. The van der Waals surface area contributed by atoms with Gasteiger partial charge in [-0.15, -0.1) is 0 Å². The number of imide groups is 1. The van der Waals surface area contributed by atoms with Crippen molar-refractivity contribution in [3.63, 3.8) is 0 Å². The summed E-state index contributed by atoms with van der Waals surface area (Å²) in [6, 6.07) is 6.43. The Balaban J connectivity index is 1.78. The molecule has 140 valence electrons. The van der Waals surface area contributed by atoms with Crippen LogP contribution in [0.4, 0.5) is 4.79 Å². The first-order chi connectivity index (χ1) is 12.2.